The topological polar surface area (TPSA) is 32.3 Å². The molecule has 0 saturated carbocycles. The third-order valence-electron chi connectivity index (χ3n) is 2.91. The molecule has 1 N–H and O–H groups in total. The minimum absolute atomic E-state index is 0. The average Bonchev–Trinajstić information content (AvgIpc) is 2.40. The first-order valence-electron chi connectivity index (χ1n) is 6.40. The molecule has 0 aromatic heterocycles. The third-order valence-corrected chi connectivity index (χ3v) is 4.16. The van der Waals surface area contributed by atoms with Crippen molar-refractivity contribution in [2.24, 2.45) is 0 Å². The summed E-state index contributed by atoms with van der Waals surface area (Å²) in [6.07, 6.45) is 0.899. The van der Waals surface area contributed by atoms with Crippen LogP contribution in [0.15, 0.2) is 18.2 Å². The molecule has 0 saturated heterocycles. The van der Waals surface area contributed by atoms with Crippen LogP contribution in [0.25, 0.3) is 0 Å². The first-order chi connectivity index (χ1) is 9.42. The van der Waals surface area contributed by atoms with Crippen LogP contribution in [-0.2, 0) is 11.3 Å². The zero-order valence-electron chi connectivity index (χ0n) is 13.0. The predicted octanol–water partition coefficient (Wildman–Crippen LogP) is 0.831. The van der Waals surface area contributed by atoms with Crippen LogP contribution in [0.3, 0.4) is 0 Å². The minimum atomic E-state index is 0. The lowest BCUT2D eigenvalue weighted by Crippen LogP contribution is -3.00. The monoisotopic (exact) mass is 460 g/mol. The van der Waals surface area contributed by atoms with Gasteiger partial charge in [-0.25, -0.2) is 0 Å². The highest BCUT2D eigenvalue weighted by Crippen LogP contribution is 2.23. The smallest absolute Gasteiger partial charge is 1.00 e. The molecule has 120 valence electrons. The molecule has 0 aliphatic carbocycles. The number of nitrogens with zero attached hydrogens (tertiary/aromatic N) is 1. The van der Waals surface area contributed by atoms with Crippen molar-refractivity contribution in [3.8, 4) is 0 Å². The fourth-order valence-corrected chi connectivity index (χ4v) is 2.31. The van der Waals surface area contributed by atoms with E-state index in [1.807, 2.05) is 32.2 Å². The average molecular weight is 463 g/mol. The Kier molecular flexibility index (Phi) is 10.9. The molecule has 0 bridgehead atoms. The van der Waals surface area contributed by atoms with Crippen molar-refractivity contribution in [3.05, 3.63) is 33.8 Å². The summed E-state index contributed by atoms with van der Waals surface area (Å²) in [6.45, 7) is 3.70. The molecule has 0 heterocycles. The van der Waals surface area contributed by atoms with Crippen molar-refractivity contribution >= 4 is 45.0 Å². The Hall–Kier alpha value is 0.190. The number of amides is 1. The van der Waals surface area contributed by atoms with Gasteiger partial charge in [-0.3, -0.25) is 4.79 Å². The standard InChI is InChI=1S/C14H19BrCl2N2O.BrH/c1-10(18-14(20)8-15)5-6-19(2)9-11-3-4-12(16)13(17)7-11;/h3-4,7,10H,5-6,8-9H2,1-2H3,(H,18,20);1H. The van der Waals surface area contributed by atoms with Gasteiger partial charge in [0, 0.05) is 19.1 Å². The maximum atomic E-state index is 11.2. The fraction of sp³-hybridized carbons (Fsp3) is 0.500. The zero-order chi connectivity index (χ0) is 15.1. The van der Waals surface area contributed by atoms with E-state index in [-0.39, 0.29) is 30.4 Å². The number of hydrogen-bond donors (Lipinski definition) is 1. The van der Waals surface area contributed by atoms with E-state index >= 15 is 0 Å². The number of carbonyl (C=O) groups is 1. The third kappa shape index (κ3) is 8.41. The number of carbonyl (C=O) groups excluding carboxylic acids is 1. The molecule has 1 aromatic carbocycles. The highest BCUT2D eigenvalue weighted by Gasteiger charge is 2.08. The van der Waals surface area contributed by atoms with E-state index in [2.05, 4.69) is 26.1 Å². The Morgan fingerprint density at radius 2 is 2.10 bits per heavy atom. The quantitative estimate of drug-likeness (QED) is 0.609. The van der Waals surface area contributed by atoms with E-state index in [0.29, 0.717) is 15.4 Å². The van der Waals surface area contributed by atoms with Gasteiger partial charge >= 0.3 is 1.43 Å². The second-order valence-corrected chi connectivity index (χ2v) is 6.25. The van der Waals surface area contributed by atoms with E-state index in [4.69, 9.17) is 23.2 Å². The highest BCUT2D eigenvalue weighted by atomic mass is 79.9. The van der Waals surface area contributed by atoms with E-state index in [9.17, 15) is 4.79 Å². The van der Waals surface area contributed by atoms with E-state index in [0.717, 1.165) is 25.1 Å². The Morgan fingerprint density at radius 1 is 1.43 bits per heavy atom. The molecular formula is C14H20Br2Cl2N2O. The van der Waals surface area contributed by atoms with E-state index in [1.165, 1.54) is 0 Å². The summed E-state index contributed by atoms with van der Waals surface area (Å²) in [4.78, 5) is 13.4. The molecule has 0 spiro atoms. The number of halogens is 4. The number of benzene rings is 1. The molecule has 0 aliphatic rings. The summed E-state index contributed by atoms with van der Waals surface area (Å²) < 4.78 is 0. The summed E-state index contributed by atoms with van der Waals surface area (Å²) in [5.41, 5.74) is 1.12. The van der Waals surface area contributed by atoms with E-state index in [1.54, 1.807) is 0 Å². The van der Waals surface area contributed by atoms with Crippen molar-refractivity contribution < 1.29 is 23.2 Å². The van der Waals surface area contributed by atoms with Gasteiger partial charge in [0.2, 0.25) is 5.91 Å². The van der Waals surface area contributed by atoms with Gasteiger partial charge in [-0.15, -0.1) is 0 Å². The second kappa shape index (κ2) is 10.8. The SMILES string of the molecule is CC(CCN(C)Cc1ccc(Cl)c(Cl)c1)NC(=O)CBr.[Br-].[H+]. The van der Waals surface area contributed by atoms with Crippen LogP contribution >= 0.6 is 39.1 Å². The van der Waals surface area contributed by atoms with Crippen LogP contribution in [0.2, 0.25) is 10.0 Å². The summed E-state index contributed by atoms with van der Waals surface area (Å²) >= 11 is 15.0. The molecule has 1 unspecified atom stereocenters. The Morgan fingerprint density at radius 3 is 2.67 bits per heavy atom. The molecule has 1 atom stereocenters. The Labute approximate surface area is 156 Å². The van der Waals surface area contributed by atoms with Crippen molar-refractivity contribution in [2.45, 2.75) is 25.9 Å². The normalized spacial score (nSPS) is 11.9. The van der Waals surface area contributed by atoms with Gasteiger partial charge in [0.15, 0.2) is 0 Å². The first-order valence-corrected chi connectivity index (χ1v) is 8.28. The zero-order valence-corrected chi connectivity index (χ0v) is 16.7. The number of alkyl halides is 1. The van der Waals surface area contributed by atoms with Crippen molar-refractivity contribution in [1.82, 2.24) is 10.2 Å². The number of rotatable bonds is 7. The van der Waals surface area contributed by atoms with Crippen LogP contribution in [0.4, 0.5) is 0 Å². The second-order valence-electron chi connectivity index (χ2n) is 4.88. The molecule has 0 aliphatic heterocycles. The van der Waals surface area contributed by atoms with Crippen molar-refractivity contribution in [1.29, 1.82) is 0 Å². The molecule has 0 radical (unpaired) electrons. The van der Waals surface area contributed by atoms with Crippen LogP contribution in [0.1, 0.15) is 20.3 Å². The van der Waals surface area contributed by atoms with Gasteiger partial charge in [-0.2, -0.15) is 0 Å². The van der Waals surface area contributed by atoms with Crippen LogP contribution in [0.5, 0.6) is 0 Å². The molecule has 1 aromatic rings. The summed E-state index contributed by atoms with van der Waals surface area (Å²) in [6, 6.07) is 5.83. The van der Waals surface area contributed by atoms with Crippen molar-refractivity contribution in [3.63, 3.8) is 0 Å². The molecule has 3 nitrogen and oxygen atoms in total. The van der Waals surface area contributed by atoms with Gasteiger partial charge in [0.05, 0.1) is 15.4 Å². The summed E-state index contributed by atoms with van der Waals surface area (Å²) in [7, 11) is 2.04. The maximum Gasteiger partial charge on any atom is 1.00 e. The van der Waals surface area contributed by atoms with Gasteiger partial charge in [-0.05, 0) is 38.1 Å². The molecule has 1 rings (SSSR count). The molecule has 1 amide bonds. The molecular weight excluding hydrogens is 443 g/mol. The minimum Gasteiger partial charge on any atom is -1.00 e. The lowest BCUT2D eigenvalue weighted by atomic mass is 10.2. The molecule has 21 heavy (non-hydrogen) atoms. The Balaban J connectivity index is 0. The fourth-order valence-electron chi connectivity index (χ4n) is 1.83. The highest BCUT2D eigenvalue weighted by molar-refractivity contribution is 9.09. The van der Waals surface area contributed by atoms with Gasteiger partial charge in [-0.1, -0.05) is 45.2 Å². The molecule has 7 heteroatoms. The van der Waals surface area contributed by atoms with Gasteiger partial charge in [0.1, 0.15) is 0 Å². The van der Waals surface area contributed by atoms with Crippen LogP contribution < -0.4 is 22.3 Å². The first kappa shape index (κ1) is 21.2. The number of nitrogens with one attached hydrogen (secondary N) is 1. The van der Waals surface area contributed by atoms with Gasteiger partial charge < -0.3 is 27.2 Å². The van der Waals surface area contributed by atoms with E-state index < -0.39 is 0 Å². The van der Waals surface area contributed by atoms with Crippen LogP contribution in [-0.4, -0.2) is 35.8 Å². The largest absolute Gasteiger partial charge is 1.00 e. The lowest BCUT2D eigenvalue weighted by Gasteiger charge is -2.20. The molecule has 0 fully saturated rings. The maximum absolute atomic E-state index is 11.2. The summed E-state index contributed by atoms with van der Waals surface area (Å²) in [5.74, 6) is 0.0182. The van der Waals surface area contributed by atoms with Crippen molar-refractivity contribution in [2.75, 3.05) is 18.9 Å². The van der Waals surface area contributed by atoms with Gasteiger partial charge in [0.25, 0.3) is 0 Å². The van der Waals surface area contributed by atoms with Crippen LogP contribution in [0, 0.1) is 0 Å². The lowest BCUT2D eigenvalue weighted by molar-refractivity contribution is -0.119. The number of hydrogen-bond acceptors (Lipinski definition) is 2. The Bertz CT molecular complexity index is 466. The predicted molar refractivity (Wildman–Crippen MR) is 89.9 cm³/mol. The summed E-state index contributed by atoms with van der Waals surface area (Å²) in [5, 5.41) is 4.41.